The Bertz CT molecular complexity index is 1500. The number of aliphatic hydroxyl groups is 1. The number of nitrogens with zero attached hydrogens (tertiary/aromatic N) is 1. The van der Waals surface area contributed by atoms with Gasteiger partial charge < -0.3 is 30.5 Å². The van der Waals surface area contributed by atoms with Gasteiger partial charge in [0.05, 0.1) is 30.5 Å². The summed E-state index contributed by atoms with van der Waals surface area (Å²) < 4.78 is 12.6. The van der Waals surface area contributed by atoms with Gasteiger partial charge in [0.15, 0.2) is 0 Å². The molecule has 0 saturated carbocycles. The second-order valence-corrected chi connectivity index (χ2v) is 15.6. The van der Waals surface area contributed by atoms with E-state index in [-0.39, 0.29) is 30.9 Å². The molecule has 14 heteroatoms. The minimum atomic E-state index is -1.25. The van der Waals surface area contributed by atoms with Crippen LogP contribution in [0.25, 0.3) is 10.9 Å². The van der Waals surface area contributed by atoms with Gasteiger partial charge in [-0.25, -0.2) is 4.79 Å². The topological polar surface area (TPSA) is 165 Å². The quantitative estimate of drug-likeness (QED) is 0.213. The van der Waals surface area contributed by atoms with Gasteiger partial charge in [-0.1, -0.05) is 59.7 Å². The molecule has 12 nitrogen and oxygen atoms in total. The second-order valence-electron chi connectivity index (χ2n) is 13.0. The molecule has 0 unspecified atom stereocenters. The molecule has 0 aliphatic carbocycles. The van der Waals surface area contributed by atoms with Crippen LogP contribution in [0.15, 0.2) is 42.6 Å². The fourth-order valence-corrected chi connectivity index (χ4v) is 7.53. The molecule has 0 radical (unpaired) electrons. The molecule has 2 aliphatic rings. The number of esters is 1. The number of allylic oxidation sites excluding steroid dienone is 1. The lowest BCUT2D eigenvalue weighted by molar-refractivity contribution is -0.151. The number of carbonyl (C=O) groups is 5. The van der Waals surface area contributed by atoms with Crippen molar-refractivity contribution in [3.05, 3.63) is 48.2 Å². The zero-order chi connectivity index (χ0) is 34.3. The molecule has 2 aliphatic heterocycles. The number of aliphatic hydroxyl groups excluding tert-OH is 1. The van der Waals surface area contributed by atoms with Gasteiger partial charge in [0.25, 0.3) is 0 Å². The Labute approximate surface area is 282 Å². The number of nitrogens with one attached hydrogen (secondary N) is 3. The maximum absolute atomic E-state index is 14.0. The molecular weight excluding hydrogens is 645 g/mol. The standard InChI is InChI=1S/C33H44N4O8S2/c1-19(2)29-26(38)16-28(40)44-21-10-8-9-13-46-47-18-24(31(42)36-29)35-30(41)23(34-27(39)15-21)14-20-17-37(32(43)45-33(3,4)5)25-12-7-6-11-22(20)25/h6-8,10-12,17,19,21,23-24,26,29,38H,9,13-16,18H2,1-5H3,(H,34,39)(H,35,41)(H,36,42)/t21-,23-,24-,26+,29-/m1/s1. The van der Waals surface area contributed by atoms with E-state index in [1.165, 1.54) is 26.2 Å². The number of carbonyl (C=O) groups excluding carboxylic acids is 5. The molecule has 3 heterocycles. The van der Waals surface area contributed by atoms with Crippen molar-refractivity contribution in [2.45, 2.75) is 96.2 Å². The van der Waals surface area contributed by atoms with E-state index in [0.29, 0.717) is 28.6 Å². The van der Waals surface area contributed by atoms with Crippen molar-refractivity contribution in [1.29, 1.82) is 0 Å². The monoisotopic (exact) mass is 688 g/mol. The van der Waals surface area contributed by atoms with Crippen LogP contribution in [0.1, 0.15) is 59.4 Å². The third kappa shape index (κ3) is 10.2. The third-order valence-electron chi connectivity index (χ3n) is 7.62. The lowest BCUT2D eigenvalue weighted by atomic mass is 9.96. The number of fused-ring (bicyclic) bond motifs is 8. The van der Waals surface area contributed by atoms with Gasteiger partial charge in [0, 0.05) is 29.5 Å². The Balaban J connectivity index is 1.74. The maximum Gasteiger partial charge on any atom is 0.419 e. The van der Waals surface area contributed by atoms with Crippen LogP contribution < -0.4 is 16.0 Å². The number of amides is 3. The van der Waals surface area contributed by atoms with Gasteiger partial charge in [-0.2, -0.15) is 0 Å². The Morgan fingerprint density at radius 1 is 1.06 bits per heavy atom. The summed E-state index contributed by atoms with van der Waals surface area (Å²) in [5, 5.41) is 20.1. The van der Waals surface area contributed by atoms with Crippen LogP contribution in [0, 0.1) is 5.92 Å². The van der Waals surface area contributed by atoms with Crippen LogP contribution in [0.5, 0.6) is 0 Å². The summed E-state index contributed by atoms with van der Waals surface area (Å²) in [7, 11) is 2.95. The highest BCUT2D eigenvalue weighted by molar-refractivity contribution is 8.76. The van der Waals surface area contributed by atoms with Crippen LogP contribution in [0.3, 0.4) is 0 Å². The molecule has 2 aromatic rings. The van der Waals surface area contributed by atoms with E-state index in [1.54, 1.807) is 45.2 Å². The first-order chi connectivity index (χ1) is 22.2. The molecule has 3 amide bonds. The first-order valence-electron chi connectivity index (χ1n) is 15.7. The van der Waals surface area contributed by atoms with Gasteiger partial charge in [-0.05, 0) is 50.8 Å². The third-order valence-corrected chi connectivity index (χ3v) is 10.1. The van der Waals surface area contributed by atoms with Crippen molar-refractivity contribution in [2.24, 2.45) is 5.92 Å². The molecule has 1 aromatic heterocycles. The average molecular weight is 689 g/mol. The molecular formula is C33H44N4O8S2. The molecule has 1 aromatic carbocycles. The highest BCUT2D eigenvalue weighted by Crippen LogP contribution is 2.26. The normalized spacial score (nSPS) is 25.6. The van der Waals surface area contributed by atoms with Crippen LogP contribution in [0.2, 0.25) is 0 Å². The molecule has 256 valence electrons. The van der Waals surface area contributed by atoms with Crippen molar-refractivity contribution < 1.29 is 38.6 Å². The minimum Gasteiger partial charge on any atom is -0.457 e. The summed E-state index contributed by atoms with van der Waals surface area (Å²) >= 11 is 0. The molecule has 0 spiro atoms. The van der Waals surface area contributed by atoms with Crippen LogP contribution in [-0.2, 0) is 35.1 Å². The smallest absolute Gasteiger partial charge is 0.419 e. The van der Waals surface area contributed by atoms with E-state index in [0.717, 1.165) is 0 Å². The SMILES string of the molecule is CC(C)[C@H]1NC(=O)[C@H]2CSSCCC=C[C@H](CC(=O)N[C@H](Cc3cn(C(=O)OC(C)(C)C)c4ccccc34)C(=O)N2)OC(=O)C[C@@H]1O. The molecule has 47 heavy (non-hydrogen) atoms. The summed E-state index contributed by atoms with van der Waals surface area (Å²) in [6.45, 7) is 8.91. The number of aromatic nitrogens is 1. The number of ether oxygens (including phenoxy) is 2. The minimum absolute atomic E-state index is 0.0161. The predicted octanol–water partition coefficient (Wildman–Crippen LogP) is 3.49. The van der Waals surface area contributed by atoms with Gasteiger partial charge in [0.1, 0.15) is 23.8 Å². The van der Waals surface area contributed by atoms with Crippen molar-refractivity contribution in [3.63, 3.8) is 0 Å². The summed E-state index contributed by atoms with van der Waals surface area (Å²) in [5.74, 6) is -1.74. The van der Waals surface area contributed by atoms with E-state index in [1.807, 2.05) is 32.1 Å². The second kappa shape index (κ2) is 16.1. The highest BCUT2D eigenvalue weighted by Gasteiger charge is 2.34. The van der Waals surface area contributed by atoms with E-state index in [2.05, 4.69) is 16.0 Å². The maximum atomic E-state index is 14.0. The van der Waals surface area contributed by atoms with Crippen molar-refractivity contribution in [3.8, 4) is 0 Å². The lowest BCUT2D eigenvalue weighted by Crippen LogP contribution is -2.58. The molecule has 5 atom stereocenters. The Kier molecular flexibility index (Phi) is 12.4. The van der Waals surface area contributed by atoms with Crippen LogP contribution in [0.4, 0.5) is 4.79 Å². The first kappa shape index (κ1) is 36.3. The zero-order valence-corrected chi connectivity index (χ0v) is 28.9. The molecule has 4 N–H and O–H groups in total. The van der Waals surface area contributed by atoms with Gasteiger partial charge in [-0.3, -0.25) is 23.7 Å². The fraction of sp³-hybridized carbons (Fsp3) is 0.545. The summed E-state index contributed by atoms with van der Waals surface area (Å²) in [6, 6.07) is 4.20. The molecule has 2 bridgehead atoms. The predicted molar refractivity (Wildman–Crippen MR) is 182 cm³/mol. The number of para-hydroxylation sites is 1. The largest absolute Gasteiger partial charge is 0.457 e. The summed E-state index contributed by atoms with van der Waals surface area (Å²) in [6.07, 6.45) is 2.23. The van der Waals surface area contributed by atoms with Crippen molar-refractivity contribution in [2.75, 3.05) is 11.5 Å². The van der Waals surface area contributed by atoms with E-state index < -0.39 is 65.7 Å². The molecule has 4 rings (SSSR count). The lowest BCUT2D eigenvalue weighted by Gasteiger charge is -2.29. The van der Waals surface area contributed by atoms with Crippen LogP contribution >= 0.6 is 21.6 Å². The Morgan fingerprint density at radius 2 is 1.81 bits per heavy atom. The van der Waals surface area contributed by atoms with Gasteiger partial charge >= 0.3 is 12.1 Å². The number of hydrogen-bond acceptors (Lipinski definition) is 10. The summed E-state index contributed by atoms with van der Waals surface area (Å²) in [5.41, 5.74) is 0.423. The Morgan fingerprint density at radius 3 is 2.53 bits per heavy atom. The van der Waals surface area contributed by atoms with Crippen molar-refractivity contribution >= 4 is 62.3 Å². The number of hydrogen-bond donors (Lipinski definition) is 4. The fourth-order valence-electron chi connectivity index (χ4n) is 5.37. The first-order valence-corrected chi connectivity index (χ1v) is 18.2. The summed E-state index contributed by atoms with van der Waals surface area (Å²) in [4.78, 5) is 67.1. The zero-order valence-electron chi connectivity index (χ0n) is 27.3. The van der Waals surface area contributed by atoms with E-state index in [4.69, 9.17) is 9.47 Å². The number of rotatable bonds is 3. The van der Waals surface area contributed by atoms with Gasteiger partial charge in [0.2, 0.25) is 17.7 Å². The number of benzene rings is 1. The van der Waals surface area contributed by atoms with E-state index >= 15 is 0 Å². The van der Waals surface area contributed by atoms with Crippen molar-refractivity contribution in [1.82, 2.24) is 20.5 Å². The Hall–Kier alpha value is -3.49. The molecule has 1 fully saturated rings. The van der Waals surface area contributed by atoms with E-state index in [9.17, 15) is 29.1 Å². The highest BCUT2D eigenvalue weighted by atomic mass is 33.1. The van der Waals surface area contributed by atoms with Crippen LogP contribution in [-0.4, -0.2) is 86.9 Å². The average Bonchev–Trinajstić information content (AvgIpc) is 3.34. The molecule has 1 saturated heterocycles. The van der Waals surface area contributed by atoms with Gasteiger partial charge in [-0.15, -0.1) is 0 Å².